The summed E-state index contributed by atoms with van der Waals surface area (Å²) in [5.74, 6) is 0. The summed E-state index contributed by atoms with van der Waals surface area (Å²) in [6.07, 6.45) is 6.45. The van der Waals surface area contributed by atoms with Crippen LogP contribution in [0.15, 0.2) is 46.6 Å². The molecule has 4 aromatic rings. The van der Waals surface area contributed by atoms with Gasteiger partial charge in [0.15, 0.2) is 0 Å². The zero-order valence-corrected chi connectivity index (χ0v) is 17.6. The predicted molar refractivity (Wildman–Crippen MR) is 119 cm³/mol. The maximum absolute atomic E-state index is 13.0. The van der Waals surface area contributed by atoms with Gasteiger partial charge in [-0.3, -0.25) is 4.79 Å². The van der Waals surface area contributed by atoms with Gasteiger partial charge >= 0.3 is 0 Å². The Morgan fingerprint density at radius 2 is 1.93 bits per heavy atom. The Bertz CT molecular complexity index is 1320. The number of nitrogens with zero attached hydrogens (tertiary/aromatic N) is 4. The van der Waals surface area contributed by atoms with Gasteiger partial charge in [0.05, 0.1) is 11.6 Å². The van der Waals surface area contributed by atoms with E-state index >= 15 is 0 Å². The van der Waals surface area contributed by atoms with E-state index in [0.29, 0.717) is 0 Å². The van der Waals surface area contributed by atoms with Gasteiger partial charge in [-0.1, -0.05) is 17.7 Å². The van der Waals surface area contributed by atoms with E-state index in [1.54, 1.807) is 17.6 Å². The fraction of sp³-hybridized carbons (Fsp3) is 0.261. The standard InChI is InChI=1S/C23H22N4OS/c1-14-7-9-18(10-8-14)27-15(2)11-17(16(27)3)12-25-26-13-24-22-21(23(26)28)19-5-4-6-20(19)29-22/h7-13H,4-6H2,1-3H3/b25-12+. The third kappa shape index (κ3) is 2.95. The number of aromatic nitrogens is 3. The molecule has 0 saturated heterocycles. The van der Waals surface area contributed by atoms with Crippen molar-refractivity contribution >= 4 is 27.8 Å². The second-order valence-electron chi connectivity index (χ2n) is 7.67. The maximum Gasteiger partial charge on any atom is 0.282 e. The van der Waals surface area contributed by atoms with Crippen LogP contribution in [0.25, 0.3) is 15.9 Å². The Balaban J connectivity index is 1.54. The molecule has 0 unspecified atom stereocenters. The molecule has 5 nitrogen and oxygen atoms in total. The molecular weight excluding hydrogens is 380 g/mol. The lowest BCUT2D eigenvalue weighted by Crippen LogP contribution is -2.17. The van der Waals surface area contributed by atoms with Crippen molar-refractivity contribution in [2.24, 2.45) is 5.10 Å². The van der Waals surface area contributed by atoms with Crippen LogP contribution < -0.4 is 5.56 Å². The van der Waals surface area contributed by atoms with Crippen molar-refractivity contribution in [3.05, 3.63) is 80.0 Å². The van der Waals surface area contributed by atoms with Crippen LogP contribution in [0.2, 0.25) is 0 Å². The van der Waals surface area contributed by atoms with Gasteiger partial charge in [0, 0.05) is 27.5 Å². The number of hydrogen-bond acceptors (Lipinski definition) is 4. The Hall–Kier alpha value is -2.99. The fourth-order valence-electron chi connectivity index (χ4n) is 4.19. The zero-order chi connectivity index (χ0) is 20.1. The highest BCUT2D eigenvalue weighted by Crippen LogP contribution is 2.34. The van der Waals surface area contributed by atoms with Gasteiger partial charge < -0.3 is 4.57 Å². The van der Waals surface area contributed by atoms with Crippen LogP contribution in [0.1, 0.15) is 39.4 Å². The number of thiophene rings is 1. The van der Waals surface area contributed by atoms with Crippen LogP contribution in [0, 0.1) is 20.8 Å². The summed E-state index contributed by atoms with van der Waals surface area (Å²) >= 11 is 1.65. The van der Waals surface area contributed by atoms with Crippen LogP contribution in [0.5, 0.6) is 0 Å². The zero-order valence-electron chi connectivity index (χ0n) is 16.8. The summed E-state index contributed by atoms with van der Waals surface area (Å²) in [7, 11) is 0. The van der Waals surface area contributed by atoms with E-state index in [1.165, 1.54) is 27.0 Å². The van der Waals surface area contributed by atoms with E-state index < -0.39 is 0 Å². The predicted octanol–water partition coefficient (Wildman–Crippen LogP) is 4.54. The van der Waals surface area contributed by atoms with Crippen LogP contribution in [0.3, 0.4) is 0 Å². The second-order valence-corrected chi connectivity index (χ2v) is 8.76. The van der Waals surface area contributed by atoms with E-state index in [1.807, 2.05) is 0 Å². The smallest absolute Gasteiger partial charge is 0.282 e. The first-order valence-electron chi connectivity index (χ1n) is 9.85. The third-order valence-corrected chi connectivity index (χ3v) is 6.89. The maximum atomic E-state index is 13.0. The summed E-state index contributed by atoms with van der Waals surface area (Å²) in [5, 5.41) is 5.22. The third-order valence-electron chi connectivity index (χ3n) is 5.69. The Kier molecular flexibility index (Phi) is 4.24. The van der Waals surface area contributed by atoms with Crippen molar-refractivity contribution in [2.75, 3.05) is 0 Å². The lowest BCUT2D eigenvalue weighted by Gasteiger charge is -2.09. The first kappa shape index (κ1) is 18.1. The van der Waals surface area contributed by atoms with Gasteiger partial charge in [0.25, 0.3) is 5.56 Å². The van der Waals surface area contributed by atoms with Crippen LogP contribution in [-0.2, 0) is 12.8 Å². The molecule has 29 heavy (non-hydrogen) atoms. The monoisotopic (exact) mass is 402 g/mol. The number of hydrogen-bond donors (Lipinski definition) is 0. The molecule has 0 saturated carbocycles. The molecule has 0 amide bonds. The molecule has 3 aromatic heterocycles. The van der Waals surface area contributed by atoms with E-state index in [0.717, 1.165) is 52.1 Å². The largest absolute Gasteiger partial charge is 0.318 e. The molecule has 0 bridgehead atoms. The molecule has 3 heterocycles. The Labute approximate surface area is 173 Å². The quantitative estimate of drug-likeness (QED) is 0.472. The minimum atomic E-state index is -0.0713. The summed E-state index contributed by atoms with van der Waals surface area (Å²) in [6, 6.07) is 10.6. The molecule has 5 rings (SSSR count). The normalized spacial score (nSPS) is 13.6. The van der Waals surface area contributed by atoms with Crippen molar-refractivity contribution in [1.29, 1.82) is 0 Å². The molecule has 1 aromatic carbocycles. The average molecular weight is 403 g/mol. The molecule has 146 valence electrons. The van der Waals surface area contributed by atoms with Crippen LogP contribution >= 0.6 is 11.3 Å². The van der Waals surface area contributed by atoms with Crippen molar-refractivity contribution < 1.29 is 0 Å². The summed E-state index contributed by atoms with van der Waals surface area (Å²) in [6.45, 7) is 6.24. The first-order chi connectivity index (χ1) is 14.0. The first-order valence-corrected chi connectivity index (χ1v) is 10.7. The van der Waals surface area contributed by atoms with Gasteiger partial charge in [-0.15, -0.1) is 11.3 Å². The van der Waals surface area contributed by atoms with Crippen molar-refractivity contribution in [3.8, 4) is 5.69 Å². The van der Waals surface area contributed by atoms with Crippen molar-refractivity contribution in [1.82, 2.24) is 14.2 Å². The number of fused-ring (bicyclic) bond motifs is 3. The summed E-state index contributed by atoms with van der Waals surface area (Å²) in [4.78, 5) is 19.6. The fourth-order valence-corrected chi connectivity index (χ4v) is 5.41. The molecule has 1 aliphatic rings. The highest BCUT2D eigenvalue weighted by molar-refractivity contribution is 7.18. The number of aryl methyl sites for hydroxylation is 4. The van der Waals surface area contributed by atoms with Gasteiger partial charge in [-0.05, 0) is 63.8 Å². The van der Waals surface area contributed by atoms with Gasteiger partial charge in [0.2, 0.25) is 0 Å². The highest BCUT2D eigenvalue weighted by atomic mass is 32.1. The lowest BCUT2D eigenvalue weighted by molar-refractivity contribution is 0.816. The van der Waals surface area contributed by atoms with E-state index in [4.69, 9.17) is 0 Å². The molecule has 0 aliphatic heterocycles. The average Bonchev–Trinajstić information content (AvgIpc) is 3.36. The highest BCUT2D eigenvalue weighted by Gasteiger charge is 2.21. The lowest BCUT2D eigenvalue weighted by atomic mass is 10.2. The van der Waals surface area contributed by atoms with Gasteiger partial charge in [-0.25, -0.2) is 4.98 Å². The molecule has 0 radical (unpaired) electrons. The number of benzene rings is 1. The molecule has 0 fully saturated rings. The molecule has 0 spiro atoms. The van der Waals surface area contributed by atoms with Crippen molar-refractivity contribution in [3.63, 3.8) is 0 Å². The minimum Gasteiger partial charge on any atom is -0.318 e. The topological polar surface area (TPSA) is 52.2 Å². The van der Waals surface area contributed by atoms with Gasteiger partial charge in [-0.2, -0.15) is 9.78 Å². The van der Waals surface area contributed by atoms with Crippen molar-refractivity contribution in [2.45, 2.75) is 40.0 Å². The Morgan fingerprint density at radius 1 is 1.14 bits per heavy atom. The van der Waals surface area contributed by atoms with Crippen LogP contribution in [0.4, 0.5) is 0 Å². The molecule has 1 aliphatic carbocycles. The summed E-state index contributed by atoms with van der Waals surface area (Å²) < 4.78 is 3.57. The molecule has 0 atom stereocenters. The minimum absolute atomic E-state index is 0.0713. The molecular formula is C23H22N4OS. The van der Waals surface area contributed by atoms with E-state index in [9.17, 15) is 4.79 Å². The Morgan fingerprint density at radius 3 is 2.72 bits per heavy atom. The molecule has 0 N–H and O–H groups in total. The SMILES string of the molecule is Cc1ccc(-n2c(C)cc(/C=N/n3cnc4sc5c(c4c3=O)CCC5)c2C)cc1. The van der Waals surface area contributed by atoms with Gasteiger partial charge in [0.1, 0.15) is 11.2 Å². The second kappa shape index (κ2) is 6.81. The molecule has 6 heteroatoms. The van der Waals surface area contributed by atoms with E-state index in [-0.39, 0.29) is 5.56 Å². The van der Waals surface area contributed by atoms with E-state index in [2.05, 4.69) is 65.8 Å². The summed E-state index contributed by atoms with van der Waals surface area (Å²) in [5.41, 5.74) is 6.69. The number of rotatable bonds is 3. The van der Waals surface area contributed by atoms with Crippen LogP contribution in [-0.4, -0.2) is 20.4 Å².